The number of benzene rings is 1. The van der Waals surface area contributed by atoms with Crippen LogP contribution >= 0.6 is 11.3 Å². The van der Waals surface area contributed by atoms with Crippen molar-refractivity contribution in [3.05, 3.63) is 47.3 Å². The molecule has 2 heterocycles. The SMILES string of the molecule is CN1CCC(c2ccc(-c3ccccc3)s2)C1. The van der Waals surface area contributed by atoms with Crippen LogP contribution < -0.4 is 0 Å². The van der Waals surface area contributed by atoms with Gasteiger partial charge in [0.1, 0.15) is 0 Å². The Hall–Kier alpha value is -1.12. The maximum Gasteiger partial charge on any atom is 0.0345 e. The van der Waals surface area contributed by atoms with Crippen molar-refractivity contribution in [3.63, 3.8) is 0 Å². The minimum absolute atomic E-state index is 0.752. The number of likely N-dealkylation sites (tertiary alicyclic amines) is 1. The molecule has 2 aromatic rings. The van der Waals surface area contributed by atoms with Gasteiger partial charge in [-0.05, 0) is 37.7 Å². The van der Waals surface area contributed by atoms with Gasteiger partial charge >= 0.3 is 0 Å². The van der Waals surface area contributed by atoms with E-state index < -0.39 is 0 Å². The summed E-state index contributed by atoms with van der Waals surface area (Å²) in [6, 6.07) is 15.3. The van der Waals surface area contributed by atoms with Gasteiger partial charge in [-0.2, -0.15) is 0 Å². The van der Waals surface area contributed by atoms with E-state index in [9.17, 15) is 0 Å². The third kappa shape index (κ3) is 2.28. The summed E-state index contributed by atoms with van der Waals surface area (Å²) in [6.45, 7) is 2.46. The molecule has 1 aromatic carbocycles. The van der Waals surface area contributed by atoms with E-state index >= 15 is 0 Å². The van der Waals surface area contributed by atoms with E-state index in [1.807, 2.05) is 11.3 Å². The van der Waals surface area contributed by atoms with Crippen LogP contribution in [0, 0.1) is 0 Å². The van der Waals surface area contributed by atoms with Gasteiger partial charge in [0, 0.05) is 22.2 Å². The van der Waals surface area contributed by atoms with Crippen molar-refractivity contribution in [2.45, 2.75) is 12.3 Å². The highest BCUT2D eigenvalue weighted by Gasteiger charge is 2.22. The van der Waals surface area contributed by atoms with Gasteiger partial charge in [0.05, 0.1) is 0 Å². The fourth-order valence-electron chi connectivity index (χ4n) is 2.50. The second-order valence-corrected chi connectivity index (χ2v) is 5.93. The average molecular weight is 243 g/mol. The van der Waals surface area contributed by atoms with Crippen LogP contribution in [0.2, 0.25) is 0 Å². The Balaban J connectivity index is 1.84. The minimum Gasteiger partial charge on any atom is -0.306 e. The van der Waals surface area contributed by atoms with E-state index in [1.165, 1.54) is 30.0 Å². The van der Waals surface area contributed by atoms with Crippen molar-refractivity contribution in [1.29, 1.82) is 0 Å². The lowest BCUT2D eigenvalue weighted by Crippen LogP contribution is -2.12. The Morgan fingerprint density at radius 3 is 2.65 bits per heavy atom. The monoisotopic (exact) mass is 243 g/mol. The molecule has 3 rings (SSSR count). The van der Waals surface area contributed by atoms with Gasteiger partial charge in [0.25, 0.3) is 0 Å². The molecule has 0 spiro atoms. The average Bonchev–Trinajstić information content (AvgIpc) is 2.98. The molecule has 0 amide bonds. The van der Waals surface area contributed by atoms with Gasteiger partial charge in [-0.15, -0.1) is 11.3 Å². The number of nitrogens with zero attached hydrogens (tertiary/aromatic N) is 1. The predicted molar refractivity (Wildman–Crippen MR) is 74.6 cm³/mol. The summed E-state index contributed by atoms with van der Waals surface area (Å²) in [6.07, 6.45) is 1.31. The Labute approximate surface area is 107 Å². The van der Waals surface area contributed by atoms with E-state index in [0.717, 1.165) is 5.92 Å². The second kappa shape index (κ2) is 4.63. The number of thiophene rings is 1. The molecule has 1 unspecified atom stereocenters. The van der Waals surface area contributed by atoms with Gasteiger partial charge in [0.2, 0.25) is 0 Å². The van der Waals surface area contributed by atoms with E-state index in [-0.39, 0.29) is 0 Å². The van der Waals surface area contributed by atoms with Gasteiger partial charge in [-0.1, -0.05) is 30.3 Å². The molecular weight excluding hydrogens is 226 g/mol. The third-order valence-corrected chi connectivity index (χ3v) is 4.78. The molecule has 0 N–H and O–H groups in total. The first-order valence-electron chi connectivity index (χ1n) is 6.16. The quantitative estimate of drug-likeness (QED) is 0.774. The summed E-state index contributed by atoms with van der Waals surface area (Å²) in [5.74, 6) is 0.752. The summed E-state index contributed by atoms with van der Waals surface area (Å²) in [5, 5.41) is 0. The summed E-state index contributed by atoms with van der Waals surface area (Å²) < 4.78 is 0. The Bertz CT molecular complexity index is 489. The second-order valence-electron chi connectivity index (χ2n) is 4.82. The highest BCUT2D eigenvalue weighted by molar-refractivity contribution is 7.15. The summed E-state index contributed by atoms with van der Waals surface area (Å²) >= 11 is 1.96. The van der Waals surface area contributed by atoms with Crippen molar-refractivity contribution in [3.8, 4) is 10.4 Å². The van der Waals surface area contributed by atoms with Crippen molar-refractivity contribution >= 4 is 11.3 Å². The smallest absolute Gasteiger partial charge is 0.0345 e. The largest absolute Gasteiger partial charge is 0.306 e. The molecule has 1 aromatic heterocycles. The van der Waals surface area contributed by atoms with Crippen molar-refractivity contribution in [1.82, 2.24) is 4.90 Å². The van der Waals surface area contributed by atoms with Crippen LogP contribution in [0.25, 0.3) is 10.4 Å². The van der Waals surface area contributed by atoms with E-state index in [2.05, 4.69) is 54.4 Å². The molecule has 0 bridgehead atoms. The molecule has 0 aliphatic carbocycles. The molecule has 2 heteroatoms. The molecule has 1 aliphatic rings. The van der Waals surface area contributed by atoms with Gasteiger partial charge in [-0.3, -0.25) is 0 Å². The molecular formula is C15H17NS. The Morgan fingerprint density at radius 1 is 1.12 bits per heavy atom. The molecule has 1 aliphatic heterocycles. The van der Waals surface area contributed by atoms with Crippen LogP contribution in [0.3, 0.4) is 0 Å². The maximum absolute atomic E-state index is 2.42. The first-order chi connectivity index (χ1) is 8.33. The molecule has 1 nitrogen and oxygen atoms in total. The van der Waals surface area contributed by atoms with Gasteiger partial charge < -0.3 is 4.90 Å². The van der Waals surface area contributed by atoms with Gasteiger partial charge in [-0.25, -0.2) is 0 Å². The van der Waals surface area contributed by atoms with Crippen LogP contribution in [0.5, 0.6) is 0 Å². The van der Waals surface area contributed by atoms with E-state index in [4.69, 9.17) is 0 Å². The van der Waals surface area contributed by atoms with Crippen molar-refractivity contribution in [2.24, 2.45) is 0 Å². The molecule has 88 valence electrons. The van der Waals surface area contributed by atoms with Crippen molar-refractivity contribution in [2.75, 3.05) is 20.1 Å². The molecule has 1 saturated heterocycles. The lowest BCUT2D eigenvalue weighted by molar-refractivity contribution is 0.412. The third-order valence-electron chi connectivity index (χ3n) is 3.48. The highest BCUT2D eigenvalue weighted by Crippen LogP contribution is 2.35. The first kappa shape index (κ1) is 11.0. The molecule has 1 fully saturated rings. The molecule has 1 atom stereocenters. The molecule has 17 heavy (non-hydrogen) atoms. The number of likely N-dealkylation sites (N-methyl/N-ethyl adjacent to an activating group) is 1. The highest BCUT2D eigenvalue weighted by atomic mass is 32.1. The summed E-state index contributed by atoms with van der Waals surface area (Å²) in [4.78, 5) is 5.37. The van der Waals surface area contributed by atoms with Crippen LogP contribution in [0.4, 0.5) is 0 Å². The topological polar surface area (TPSA) is 3.24 Å². The van der Waals surface area contributed by atoms with Crippen LogP contribution in [0.1, 0.15) is 17.2 Å². The Kier molecular flexibility index (Phi) is 3.00. The normalized spacial score (nSPS) is 20.9. The fraction of sp³-hybridized carbons (Fsp3) is 0.333. The first-order valence-corrected chi connectivity index (χ1v) is 6.98. The number of rotatable bonds is 2. The zero-order chi connectivity index (χ0) is 11.7. The maximum atomic E-state index is 2.42. The van der Waals surface area contributed by atoms with Crippen LogP contribution in [-0.4, -0.2) is 25.0 Å². The minimum atomic E-state index is 0.752. The van der Waals surface area contributed by atoms with Crippen LogP contribution in [0.15, 0.2) is 42.5 Å². The standard InChI is InChI=1S/C15H17NS/c1-16-10-9-13(11-16)15-8-7-14(17-15)12-5-3-2-4-6-12/h2-8,13H,9-11H2,1H3. The lowest BCUT2D eigenvalue weighted by Gasteiger charge is -2.07. The van der Waals surface area contributed by atoms with Crippen LogP contribution in [-0.2, 0) is 0 Å². The Morgan fingerprint density at radius 2 is 1.94 bits per heavy atom. The van der Waals surface area contributed by atoms with Gasteiger partial charge in [0.15, 0.2) is 0 Å². The number of hydrogen-bond donors (Lipinski definition) is 0. The summed E-state index contributed by atoms with van der Waals surface area (Å²) in [7, 11) is 2.21. The summed E-state index contributed by atoms with van der Waals surface area (Å²) in [5.41, 5.74) is 1.34. The molecule has 0 radical (unpaired) electrons. The van der Waals surface area contributed by atoms with E-state index in [0.29, 0.717) is 0 Å². The number of hydrogen-bond acceptors (Lipinski definition) is 2. The zero-order valence-electron chi connectivity index (χ0n) is 10.1. The fourth-order valence-corrected chi connectivity index (χ4v) is 3.64. The molecule has 0 saturated carbocycles. The zero-order valence-corrected chi connectivity index (χ0v) is 10.9. The van der Waals surface area contributed by atoms with Crippen molar-refractivity contribution < 1.29 is 0 Å². The van der Waals surface area contributed by atoms with E-state index in [1.54, 1.807) is 4.88 Å². The predicted octanol–water partition coefficient (Wildman–Crippen LogP) is 3.83. The lowest BCUT2D eigenvalue weighted by atomic mass is 10.1.